The molecule has 0 saturated carbocycles. The number of imidazole rings is 1. The first kappa shape index (κ1) is 27.2. The fraction of sp³-hybridized carbons (Fsp3) is 0.250. The zero-order chi connectivity index (χ0) is 26.1. The Kier molecular flexibility index (Phi) is 8.08. The van der Waals surface area contributed by atoms with Gasteiger partial charge in [0.05, 0.1) is 0 Å². The van der Waals surface area contributed by atoms with Gasteiger partial charge in [0.1, 0.15) is 18.0 Å². The third kappa shape index (κ3) is 5.39. The van der Waals surface area contributed by atoms with Crippen molar-refractivity contribution < 1.29 is 18.7 Å². The number of rotatable bonds is 6. The number of primary amides is 1. The Morgan fingerprint density at radius 1 is 1.00 bits per heavy atom. The number of benzene rings is 2. The van der Waals surface area contributed by atoms with Crippen LogP contribution in [0.5, 0.6) is 5.88 Å². The minimum atomic E-state index is -0.695. The molecule has 1 aliphatic heterocycles. The summed E-state index contributed by atoms with van der Waals surface area (Å²) in [7, 11) is 0. The molecular weight excluding hydrogens is 512 g/mol. The largest absolute Gasteiger partial charge is 0.494 e. The number of likely N-dealkylation sites (tertiary alicyclic amines) is 1. The van der Waals surface area contributed by atoms with E-state index in [0.717, 1.165) is 42.6 Å². The standard InChI is InChI=1S/C28H27F2N5O2.ClH/c1-17-23(28(37)35-16-32-25(26(31)36)27(35)33-17)12-15-34-13-10-20(11-14-34)24(18-2-6-21(29)7-3-18)19-4-8-22(30)9-5-19;/h2-9,16,37H,10-15H2,1H3,(H2,31,36);1H. The summed E-state index contributed by atoms with van der Waals surface area (Å²) in [6.07, 6.45) is 3.56. The van der Waals surface area contributed by atoms with Crippen molar-refractivity contribution in [3.05, 3.63) is 100 Å². The first-order chi connectivity index (χ1) is 17.8. The van der Waals surface area contributed by atoms with Crippen molar-refractivity contribution in [1.82, 2.24) is 19.3 Å². The van der Waals surface area contributed by atoms with Crippen LogP contribution in [0.15, 0.2) is 60.4 Å². The highest BCUT2D eigenvalue weighted by Crippen LogP contribution is 2.33. The van der Waals surface area contributed by atoms with Gasteiger partial charge in [0.25, 0.3) is 5.91 Å². The van der Waals surface area contributed by atoms with Crippen molar-refractivity contribution in [1.29, 1.82) is 0 Å². The SMILES string of the molecule is Cc1nc2c(C(N)=O)ncn2c(O)c1CCN1CCC(=C(c2ccc(F)cc2)c2ccc(F)cc2)CC1.Cl. The quantitative estimate of drug-likeness (QED) is 0.371. The van der Waals surface area contributed by atoms with Gasteiger partial charge in [0.15, 0.2) is 11.3 Å². The average Bonchev–Trinajstić information content (AvgIpc) is 3.31. The lowest BCUT2D eigenvalue weighted by molar-refractivity contribution is 0.0997. The molecule has 1 aliphatic rings. The molecule has 0 atom stereocenters. The number of fused-ring (bicyclic) bond motifs is 1. The van der Waals surface area contributed by atoms with Crippen molar-refractivity contribution in [2.24, 2.45) is 5.73 Å². The maximum absolute atomic E-state index is 13.6. The first-order valence-corrected chi connectivity index (χ1v) is 12.1. The Morgan fingerprint density at radius 3 is 2.08 bits per heavy atom. The molecule has 198 valence electrons. The van der Waals surface area contributed by atoms with E-state index < -0.39 is 5.91 Å². The third-order valence-corrected chi connectivity index (χ3v) is 6.94. The summed E-state index contributed by atoms with van der Waals surface area (Å²) in [5.74, 6) is -1.28. The molecule has 2 aromatic carbocycles. The Hall–Kier alpha value is -3.82. The molecule has 1 saturated heterocycles. The molecule has 5 rings (SSSR count). The number of hydrogen-bond acceptors (Lipinski definition) is 5. The molecule has 3 heterocycles. The number of aromatic hydroxyl groups is 1. The summed E-state index contributed by atoms with van der Waals surface area (Å²) >= 11 is 0. The number of carbonyl (C=O) groups excluding carboxylic acids is 1. The van der Waals surface area contributed by atoms with Crippen LogP contribution in [0.25, 0.3) is 11.2 Å². The Labute approximate surface area is 225 Å². The molecule has 1 fully saturated rings. The van der Waals surface area contributed by atoms with Crippen molar-refractivity contribution in [2.45, 2.75) is 26.2 Å². The number of carbonyl (C=O) groups is 1. The van der Waals surface area contributed by atoms with Crippen LogP contribution in [0.4, 0.5) is 8.78 Å². The van der Waals surface area contributed by atoms with Gasteiger partial charge >= 0.3 is 0 Å². The van der Waals surface area contributed by atoms with Gasteiger partial charge in [-0.15, -0.1) is 12.4 Å². The van der Waals surface area contributed by atoms with E-state index in [4.69, 9.17) is 5.73 Å². The van der Waals surface area contributed by atoms with Gasteiger partial charge in [-0.3, -0.25) is 9.20 Å². The summed E-state index contributed by atoms with van der Waals surface area (Å²) in [6, 6.07) is 12.8. The molecule has 0 spiro atoms. The van der Waals surface area contributed by atoms with Crippen LogP contribution in [0.3, 0.4) is 0 Å². The van der Waals surface area contributed by atoms with Crippen LogP contribution < -0.4 is 5.73 Å². The van der Waals surface area contributed by atoms with Crippen molar-refractivity contribution in [2.75, 3.05) is 19.6 Å². The van der Waals surface area contributed by atoms with E-state index in [0.29, 0.717) is 24.2 Å². The van der Waals surface area contributed by atoms with Gasteiger partial charge in [0, 0.05) is 30.9 Å². The van der Waals surface area contributed by atoms with Gasteiger partial charge in [0.2, 0.25) is 5.88 Å². The lowest BCUT2D eigenvalue weighted by atomic mass is 9.88. The van der Waals surface area contributed by atoms with Crippen molar-refractivity contribution >= 4 is 29.5 Å². The maximum atomic E-state index is 13.6. The summed E-state index contributed by atoms with van der Waals surface area (Å²) in [6.45, 7) is 4.14. The topological polar surface area (TPSA) is 96.8 Å². The highest BCUT2D eigenvalue weighted by atomic mass is 35.5. The van der Waals surface area contributed by atoms with Crippen LogP contribution in [-0.4, -0.2) is 49.9 Å². The fourth-order valence-electron chi connectivity index (χ4n) is 4.98. The third-order valence-electron chi connectivity index (χ3n) is 6.94. The maximum Gasteiger partial charge on any atom is 0.271 e. The monoisotopic (exact) mass is 539 g/mol. The van der Waals surface area contributed by atoms with Gasteiger partial charge in [-0.25, -0.2) is 18.7 Å². The molecular formula is C28H28ClF2N5O2. The predicted molar refractivity (Wildman–Crippen MR) is 143 cm³/mol. The van der Waals surface area contributed by atoms with E-state index >= 15 is 0 Å². The zero-order valence-electron chi connectivity index (χ0n) is 20.8. The van der Waals surface area contributed by atoms with E-state index in [9.17, 15) is 18.7 Å². The number of nitrogens with zero attached hydrogens (tertiary/aromatic N) is 4. The van der Waals surface area contributed by atoms with E-state index in [1.807, 2.05) is 0 Å². The molecule has 0 unspecified atom stereocenters. The van der Waals surface area contributed by atoms with E-state index in [2.05, 4.69) is 14.9 Å². The molecule has 0 bridgehead atoms. The van der Waals surface area contributed by atoms with Gasteiger partial charge in [-0.1, -0.05) is 29.8 Å². The van der Waals surface area contributed by atoms with E-state index in [1.165, 1.54) is 40.6 Å². The minimum absolute atomic E-state index is 0. The van der Waals surface area contributed by atoms with Crippen molar-refractivity contribution in [3.8, 4) is 5.88 Å². The summed E-state index contributed by atoms with van der Waals surface area (Å²) in [5.41, 5.74) is 11.0. The Balaban J connectivity index is 0.00000336. The number of nitrogens with two attached hydrogens (primary N) is 1. The fourth-order valence-corrected chi connectivity index (χ4v) is 4.98. The van der Waals surface area contributed by atoms with Crippen LogP contribution in [0.2, 0.25) is 0 Å². The van der Waals surface area contributed by atoms with E-state index in [1.54, 1.807) is 31.2 Å². The second-order valence-electron chi connectivity index (χ2n) is 9.23. The number of halogens is 3. The highest BCUT2D eigenvalue weighted by Gasteiger charge is 2.22. The van der Waals surface area contributed by atoms with Crippen LogP contribution >= 0.6 is 12.4 Å². The van der Waals surface area contributed by atoms with Gasteiger partial charge < -0.3 is 15.7 Å². The van der Waals surface area contributed by atoms with Crippen molar-refractivity contribution in [3.63, 3.8) is 0 Å². The zero-order valence-corrected chi connectivity index (χ0v) is 21.6. The molecule has 10 heteroatoms. The molecule has 0 radical (unpaired) electrons. The average molecular weight is 540 g/mol. The Morgan fingerprint density at radius 2 is 1.55 bits per heavy atom. The summed E-state index contributed by atoms with van der Waals surface area (Å²) in [5, 5.41) is 10.8. The van der Waals surface area contributed by atoms with E-state index in [-0.39, 0.29) is 41.3 Å². The second kappa shape index (κ2) is 11.3. The van der Waals surface area contributed by atoms with Crippen LogP contribution in [0.1, 0.15) is 45.7 Å². The summed E-state index contributed by atoms with van der Waals surface area (Å²) < 4.78 is 28.6. The smallest absolute Gasteiger partial charge is 0.271 e. The molecule has 3 N–H and O–H groups in total. The molecule has 1 amide bonds. The molecule has 2 aromatic heterocycles. The molecule has 0 aliphatic carbocycles. The second-order valence-corrected chi connectivity index (χ2v) is 9.23. The Bertz CT molecular complexity index is 1440. The number of aryl methyl sites for hydroxylation is 1. The van der Waals surface area contributed by atoms with Gasteiger partial charge in [-0.05, 0) is 67.2 Å². The minimum Gasteiger partial charge on any atom is -0.494 e. The number of piperidine rings is 1. The highest BCUT2D eigenvalue weighted by molar-refractivity contribution is 5.96. The number of aromatic nitrogens is 3. The first-order valence-electron chi connectivity index (χ1n) is 12.1. The molecule has 38 heavy (non-hydrogen) atoms. The van der Waals surface area contributed by atoms with Gasteiger partial charge in [-0.2, -0.15) is 0 Å². The van der Waals surface area contributed by atoms with Crippen LogP contribution in [0, 0.1) is 18.6 Å². The van der Waals surface area contributed by atoms with Crippen LogP contribution in [-0.2, 0) is 6.42 Å². The summed E-state index contributed by atoms with van der Waals surface area (Å²) in [4.78, 5) is 22.3. The number of hydrogen-bond donors (Lipinski definition) is 2. The predicted octanol–water partition coefficient (Wildman–Crippen LogP) is 4.68. The molecule has 4 aromatic rings. The molecule has 7 nitrogen and oxygen atoms in total. The lowest BCUT2D eigenvalue weighted by Crippen LogP contribution is -2.33. The number of amides is 1. The normalized spacial score (nSPS) is 13.9. The lowest BCUT2D eigenvalue weighted by Gasteiger charge is -2.30.